The molecule has 0 aliphatic carbocycles. The minimum absolute atomic E-state index is 0.356. The molecule has 5 rings (SSSR count). The Hall–Kier alpha value is -9.39. The second kappa shape index (κ2) is 24.8. The summed E-state index contributed by atoms with van der Waals surface area (Å²) in [5.74, 6) is 24.8. The number of hydrogen-bond acceptors (Lipinski definition) is 8. The topological polar surface area (TPSA) is 183 Å². The second-order valence-corrected chi connectivity index (χ2v) is 16.6. The molecule has 0 spiro atoms. The number of rotatable bonds is 2. The van der Waals surface area contributed by atoms with E-state index in [0.717, 1.165) is 32.7 Å². The van der Waals surface area contributed by atoms with Crippen LogP contribution in [-0.2, 0) is 9.59 Å². The van der Waals surface area contributed by atoms with Crippen LogP contribution in [0.15, 0.2) is 114 Å². The molecule has 4 aromatic rings. The number of imide groups is 1. The molecule has 1 aliphatic rings. The Morgan fingerprint density at radius 2 is 0.879 bits per heavy atom. The van der Waals surface area contributed by atoms with E-state index in [1.54, 1.807) is 97.1 Å². The van der Waals surface area contributed by atoms with Crippen molar-refractivity contribution in [2.24, 2.45) is 5.11 Å². The summed E-state index contributed by atoms with van der Waals surface area (Å²) in [6, 6.07) is 35.1. The number of carbonyl (C=O) groups is 2. The van der Waals surface area contributed by atoms with Gasteiger partial charge in [-0.05, 0) is 97.1 Å². The molecule has 0 radical (unpaired) electrons. The first-order chi connectivity index (χ1) is 28.0. The molecule has 10 nitrogen and oxygen atoms in total. The number of anilines is 1. The number of nitrogens with zero attached hydrogens (tertiary/aromatic N) is 7. The van der Waals surface area contributed by atoms with E-state index in [-0.39, 0.29) is 11.8 Å². The Bertz CT molecular complexity index is 2740. The third-order valence-corrected chi connectivity index (χ3v) is 7.41. The van der Waals surface area contributed by atoms with Crippen molar-refractivity contribution in [3.8, 4) is 95.4 Å². The summed E-state index contributed by atoms with van der Waals surface area (Å²) in [6.45, 7) is 6.65. The first kappa shape index (κ1) is 44.8. The Labute approximate surface area is 338 Å². The summed E-state index contributed by atoms with van der Waals surface area (Å²) in [7, 11) is -1.31. The van der Waals surface area contributed by atoms with Crippen molar-refractivity contribution < 1.29 is 9.59 Å². The average molecular weight is 766 g/mol. The molecule has 4 aromatic carbocycles. The van der Waals surface area contributed by atoms with Crippen molar-refractivity contribution >= 4 is 31.3 Å². The van der Waals surface area contributed by atoms with Crippen LogP contribution in [0.3, 0.4) is 0 Å². The number of nitriles is 4. The van der Waals surface area contributed by atoms with Crippen LogP contribution in [0, 0.1) is 122 Å². The molecule has 0 atom stereocenters. The quantitative estimate of drug-likeness (QED) is 0.0749. The van der Waals surface area contributed by atoms with Gasteiger partial charge in [-0.15, -0.1) is 12.0 Å². The Kier molecular flexibility index (Phi) is 19.1. The fourth-order valence-corrected chi connectivity index (χ4v) is 4.48. The summed E-state index contributed by atoms with van der Waals surface area (Å²) < 4.78 is 0. The molecule has 0 fully saturated rings. The van der Waals surface area contributed by atoms with E-state index < -0.39 is 8.07 Å². The molecule has 0 saturated heterocycles. The van der Waals surface area contributed by atoms with E-state index in [2.05, 4.69) is 94.4 Å². The molecule has 0 saturated carbocycles. The molecule has 0 aromatic heterocycles. The molecular formula is C47H29N8O2Si+. The average Bonchev–Trinajstić information content (AvgIpc) is 3.58. The van der Waals surface area contributed by atoms with Crippen LogP contribution >= 0.6 is 0 Å². The van der Waals surface area contributed by atoms with E-state index in [0.29, 0.717) is 16.9 Å². The molecule has 11 heteroatoms. The van der Waals surface area contributed by atoms with Crippen molar-refractivity contribution in [3.63, 3.8) is 0 Å². The van der Waals surface area contributed by atoms with Gasteiger partial charge in [-0.1, -0.05) is 55.2 Å². The van der Waals surface area contributed by atoms with Gasteiger partial charge in [0, 0.05) is 69.2 Å². The van der Waals surface area contributed by atoms with Crippen molar-refractivity contribution in [1.82, 2.24) is 4.91 Å². The van der Waals surface area contributed by atoms with Gasteiger partial charge in [0.25, 0.3) is 11.8 Å². The summed E-state index contributed by atoms with van der Waals surface area (Å²) in [5, 5.41) is 36.5. The molecular weight excluding hydrogens is 737 g/mol. The zero-order chi connectivity index (χ0) is 42.6. The lowest BCUT2D eigenvalue weighted by molar-refractivity contribution is -0.119. The summed E-state index contributed by atoms with van der Waals surface area (Å²) in [4.78, 5) is 26.7. The Morgan fingerprint density at radius 3 is 1.21 bits per heavy atom. The molecule has 1 N–H and O–H groups in total. The van der Waals surface area contributed by atoms with E-state index in [9.17, 15) is 9.59 Å². The highest BCUT2D eigenvalue weighted by atomic mass is 28.3. The van der Waals surface area contributed by atoms with E-state index in [4.69, 9.17) is 33.0 Å². The molecule has 1 aliphatic heterocycles. The van der Waals surface area contributed by atoms with E-state index in [1.165, 1.54) is 12.2 Å². The Morgan fingerprint density at radius 1 is 0.552 bits per heavy atom. The zero-order valence-electron chi connectivity index (χ0n) is 31.4. The molecule has 1 heterocycles. The number of amides is 2. The van der Waals surface area contributed by atoms with Gasteiger partial charge in [0.1, 0.15) is 13.6 Å². The number of nitrogens with one attached hydrogen (secondary N) is 1. The lowest BCUT2D eigenvalue weighted by atomic mass is 10.1. The van der Waals surface area contributed by atoms with Gasteiger partial charge in [-0.2, -0.15) is 21.0 Å². The molecule has 0 unspecified atom stereocenters. The van der Waals surface area contributed by atoms with Crippen molar-refractivity contribution in [3.05, 3.63) is 143 Å². The molecule has 0 bridgehead atoms. The SMILES string of the molecule is C#Cc1ccc(C#CC#N)cc1.C[Si](C)(C)C#Cc1ccc(C#CC#N)cc1.N#CC#Cc1ccc(N2C(=O)C=CC2=O)cc1.N#CC#Cc1ccc(N=[N+]=N)cc1. The van der Waals surface area contributed by atoms with Gasteiger partial charge >= 0.3 is 0 Å². The summed E-state index contributed by atoms with van der Waals surface area (Å²) in [5.41, 5.74) is 15.7. The van der Waals surface area contributed by atoms with Gasteiger partial charge in [0.05, 0.1) is 5.69 Å². The smallest absolute Gasteiger partial charge is 0.258 e. The molecule has 2 amide bonds. The monoisotopic (exact) mass is 765 g/mol. The fourth-order valence-electron chi connectivity index (χ4n) is 3.96. The fraction of sp³-hybridized carbons (Fsp3) is 0.0638. The largest absolute Gasteiger partial charge is 0.269 e. The lowest BCUT2D eigenvalue weighted by Crippen LogP contribution is -2.29. The van der Waals surface area contributed by atoms with Crippen molar-refractivity contribution in [1.29, 1.82) is 26.6 Å². The van der Waals surface area contributed by atoms with Crippen LogP contribution in [0.4, 0.5) is 11.4 Å². The predicted molar refractivity (Wildman–Crippen MR) is 222 cm³/mol. The minimum atomic E-state index is -1.31. The number of terminal acetylenes is 1. The Balaban J connectivity index is 0.000000269. The van der Waals surface area contributed by atoms with Crippen LogP contribution in [0.25, 0.3) is 0 Å². The summed E-state index contributed by atoms with van der Waals surface area (Å²) in [6.07, 6.45) is 7.62. The highest BCUT2D eigenvalue weighted by Gasteiger charge is 2.24. The van der Waals surface area contributed by atoms with Gasteiger partial charge in [0.15, 0.2) is 35.1 Å². The van der Waals surface area contributed by atoms with Crippen LogP contribution in [-0.4, -0.2) is 19.9 Å². The van der Waals surface area contributed by atoms with Crippen molar-refractivity contribution in [2.45, 2.75) is 19.6 Å². The van der Waals surface area contributed by atoms with Gasteiger partial charge in [-0.25, -0.2) is 4.90 Å². The van der Waals surface area contributed by atoms with Gasteiger partial charge in [-0.3, -0.25) is 9.59 Å². The first-order valence-electron chi connectivity index (χ1n) is 16.6. The normalized spacial score (nSPS) is 9.52. The number of benzene rings is 4. The molecule has 272 valence electrons. The summed E-state index contributed by atoms with van der Waals surface area (Å²) >= 11 is 0. The number of hydrogen-bond donors (Lipinski definition) is 1. The standard InChI is InChI=1S/C14H13NSi.C13H6N2O2.C11H5N.C9H5N4/c1-16(2,3)12-10-14-8-6-13(7-9-14)5-4-11-15;14-9-1-2-10-3-5-11(6-4-10)15-12(16)7-8-13(15)17;1-2-10-5-7-11(8-6-10)4-3-9-12;10-7-1-2-8-3-5-9(6-4-8)12-13-11/h6-9H,1-3H3;3-8H;1,5-8H;3-6,11H/q;;;+1. The second-order valence-electron chi connectivity index (χ2n) is 11.9. The maximum absolute atomic E-state index is 11.4. The number of carbonyl (C=O) groups excluding carboxylic acids is 2. The zero-order valence-corrected chi connectivity index (χ0v) is 32.4. The van der Waals surface area contributed by atoms with Gasteiger partial charge < -0.3 is 0 Å². The highest BCUT2D eigenvalue weighted by Crippen LogP contribution is 2.19. The maximum Gasteiger partial charge on any atom is 0.258 e. The van der Waals surface area contributed by atoms with Crippen molar-refractivity contribution in [2.75, 3.05) is 4.90 Å². The van der Waals surface area contributed by atoms with Crippen LogP contribution in [0.2, 0.25) is 19.6 Å². The van der Waals surface area contributed by atoms with Gasteiger partial charge in [0.2, 0.25) is 4.91 Å². The maximum atomic E-state index is 11.4. The van der Waals surface area contributed by atoms with Crippen LogP contribution < -0.4 is 9.81 Å². The highest BCUT2D eigenvalue weighted by molar-refractivity contribution is 6.83. The minimum Gasteiger partial charge on any atom is -0.269 e. The predicted octanol–water partition coefficient (Wildman–Crippen LogP) is 7.07. The third-order valence-electron chi connectivity index (χ3n) is 6.54. The van der Waals surface area contributed by atoms with E-state index in [1.807, 2.05) is 24.3 Å². The lowest BCUT2D eigenvalue weighted by Gasteiger charge is -2.13. The van der Waals surface area contributed by atoms with Crippen LogP contribution in [0.5, 0.6) is 0 Å². The third kappa shape index (κ3) is 17.4. The van der Waals surface area contributed by atoms with Crippen LogP contribution in [0.1, 0.15) is 33.4 Å². The molecule has 58 heavy (non-hydrogen) atoms. The van der Waals surface area contributed by atoms with E-state index >= 15 is 0 Å². The first-order valence-corrected chi connectivity index (χ1v) is 20.1.